The van der Waals surface area contributed by atoms with E-state index in [1.54, 1.807) is 4.90 Å². The van der Waals surface area contributed by atoms with Gasteiger partial charge in [0, 0.05) is 24.1 Å². The van der Waals surface area contributed by atoms with Crippen molar-refractivity contribution in [3.8, 4) is 0 Å². The minimum absolute atomic E-state index is 0.187. The SMILES string of the molecule is C[C@@H]1CCCN(C(=O)c2ccc(F)c(B(O)O)c2)C1. The molecule has 1 fully saturated rings. The summed E-state index contributed by atoms with van der Waals surface area (Å²) in [5, 5.41) is 18.1. The van der Waals surface area contributed by atoms with Gasteiger partial charge in [0.15, 0.2) is 0 Å². The van der Waals surface area contributed by atoms with E-state index in [-0.39, 0.29) is 11.4 Å². The number of piperidine rings is 1. The van der Waals surface area contributed by atoms with Crippen LogP contribution in [0.5, 0.6) is 0 Å². The molecule has 1 aromatic carbocycles. The Hall–Kier alpha value is -1.40. The number of hydrogen-bond donors (Lipinski definition) is 2. The summed E-state index contributed by atoms with van der Waals surface area (Å²) >= 11 is 0. The van der Waals surface area contributed by atoms with Gasteiger partial charge in [0.05, 0.1) is 0 Å². The van der Waals surface area contributed by atoms with E-state index in [0.717, 1.165) is 18.9 Å². The highest BCUT2D eigenvalue weighted by atomic mass is 19.1. The van der Waals surface area contributed by atoms with Crippen LogP contribution in [0.2, 0.25) is 0 Å². The number of halogens is 1. The summed E-state index contributed by atoms with van der Waals surface area (Å²) in [5.74, 6) is -0.451. The lowest BCUT2D eigenvalue weighted by atomic mass is 9.79. The number of hydrogen-bond acceptors (Lipinski definition) is 3. The Bertz CT molecular complexity index is 481. The second-order valence-electron chi connectivity index (χ2n) is 5.11. The van der Waals surface area contributed by atoms with Crippen molar-refractivity contribution in [3.05, 3.63) is 29.6 Å². The zero-order valence-corrected chi connectivity index (χ0v) is 10.8. The largest absolute Gasteiger partial charge is 0.491 e. The van der Waals surface area contributed by atoms with Crippen LogP contribution in [0.25, 0.3) is 0 Å². The molecule has 1 aliphatic heterocycles. The zero-order valence-electron chi connectivity index (χ0n) is 10.8. The highest BCUT2D eigenvalue weighted by molar-refractivity contribution is 6.58. The van der Waals surface area contributed by atoms with Crippen LogP contribution < -0.4 is 5.46 Å². The molecule has 0 aliphatic carbocycles. The van der Waals surface area contributed by atoms with Crippen LogP contribution in [-0.2, 0) is 0 Å². The quantitative estimate of drug-likeness (QED) is 0.760. The smallest absolute Gasteiger partial charge is 0.423 e. The van der Waals surface area contributed by atoms with E-state index >= 15 is 0 Å². The Morgan fingerprint density at radius 2 is 2.21 bits per heavy atom. The summed E-state index contributed by atoms with van der Waals surface area (Å²) in [7, 11) is -1.91. The molecule has 19 heavy (non-hydrogen) atoms. The average Bonchev–Trinajstić information content (AvgIpc) is 2.38. The van der Waals surface area contributed by atoms with E-state index in [9.17, 15) is 9.18 Å². The molecule has 1 amide bonds. The van der Waals surface area contributed by atoms with Gasteiger partial charge in [-0.15, -0.1) is 0 Å². The van der Waals surface area contributed by atoms with Gasteiger partial charge in [-0.3, -0.25) is 4.79 Å². The molecular weight excluding hydrogens is 248 g/mol. The third kappa shape index (κ3) is 3.14. The van der Waals surface area contributed by atoms with Crippen molar-refractivity contribution in [1.82, 2.24) is 4.90 Å². The third-order valence-corrected chi connectivity index (χ3v) is 3.47. The molecule has 0 radical (unpaired) electrons. The van der Waals surface area contributed by atoms with Crippen molar-refractivity contribution in [1.29, 1.82) is 0 Å². The third-order valence-electron chi connectivity index (χ3n) is 3.47. The van der Waals surface area contributed by atoms with Gasteiger partial charge >= 0.3 is 7.12 Å². The predicted octanol–water partition coefficient (Wildman–Crippen LogP) is 0.378. The monoisotopic (exact) mass is 265 g/mol. The van der Waals surface area contributed by atoms with Crippen LogP contribution in [0.3, 0.4) is 0 Å². The number of likely N-dealkylation sites (tertiary alicyclic amines) is 1. The molecule has 2 N–H and O–H groups in total. The van der Waals surface area contributed by atoms with Crippen LogP contribution in [0.1, 0.15) is 30.1 Å². The molecule has 0 bridgehead atoms. The van der Waals surface area contributed by atoms with Gasteiger partial charge in [0.1, 0.15) is 5.82 Å². The maximum atomic E-state index is 13.3. The zero-order chi connectivity index (χ0) is 14.0. The number of amides is 1. The summed E-state index contributed by atoms with van der Waals surface area (Å²) in [5.41, 5.74) is 0.0227. The fraction of sp³-hybridized carbons (Fsp3) is 0.462. The Morgan fingerprint density at radius 3 is 2.84 bits per heavy atom. The highest BCUT2D eigenvalue weighted by Gasteiger charge is 2.24. The topological polar surface area (TPSA) is 60.8 Å². The van der Waals surface area contributed by atoms with Crippen LogP contribution >= 0.6 is 0 Å². The van der Waals surface area contributed by atoms with E-state index < -0.39 is 12.9 Å². The molecule has 1 aromatic rings. The summed E-state index contributed by atoms with van der Waals surface area (Å²) in [6.07, 6.45) is 2.07. The van der Waals surface area contributed by atoms with Crippen molar-refractivity contribution in [3.63, 3.8) is 0 Å². The first-order valence-electron chi connectivity index (χ1n) is 6.44. The van der Waals surface area contributed by atoms with Gasteiger partial charge in [-0.2, -0.15) is 0 Å². The van der Waals surface area contributed by atoms with E-state index in [4.69, 9.17) is 10.0 Å². The van der Waals surface area contributed by atoms with Crippen molar-refractivity contribution in [2.75, 3.05) is 13.1 Å². The maximum absolute atomic E-state index is 13.3. The second kappa shape index (κ2) is 5.71. The summed E-state index contributed by atoms with van der Waals surface area (Å²) in [6, 6.07) is 3.68. The molecule has 1 atom stereocenters. The number of carbonyl (C=O) groups excluding carboxylic acids is 1. The molecule has 1 heterocycles. The van der Waals surface area contributed by atoms with Gasteiger partial charge in [0.2, 0.25) is 0 Å². The Morgan fingerprint density at radius 1 is 1.47 bits per heavy atom. The first kappa shape index (κ1) is 14.0. The Labute approximate surface area is 112 Å². The van der Waals surface area contributed by atoms with Crippen molar-refractivity contribution < 1.29 is 19.2 Å². The standard InChI is InChI=1S/C13H17BFNO3/c1-9-3-2-6-16(8-9)13(17)10-4-5-12(15)11(7-10)14(18)19/h4-5,7,9,18-19H,2-3,6,8H2,1H3/t9-/m1/s1. The highest BCUT2D eigenvalue weighted by Crippen LogP contribution is 2.17. The summed E-state index contributed by atoms with van der Waals surface area (Å²) in [4.78, 5) is 14.0. The minimum Gasteiger partial charge on any atom is -0.423 e. The van der Waals surface area contributed by atoms with Crippen molar-refractivity contribution >= 4 is 18.5 Å². The van der Waals surface area contributed by atoms with Gasteiger partial charge in [-0.25, -0.2) is 4.39 Å². The Balaban J connectivity index is 2.21. The molecule has 4 nitrogen and oxygen atoms in total. The second-order valence-corrected chi connectivity index (χ2v) is 5.11. The Kier molecular flexibility index (Phi) is 4.22. The van der Waals surface area contributed by atoms with Gasteiger partial charge in [0.25, 0.3) is 5.91 Å². The summed E-state index contributed by atoms with van der Waals surface area (Å²) < 4.78 is 13.3. The normalized spacial score (nSPS) is 19.4. The van der Waals surface area contributed by atoms with E-state index in [1.807, 2.05) is 0 Å². The maximum Gasteiger partial charge on any atom is 0.491 e. The molecule has 1 saturated heterocycles. The molecule has 2 rings (SSSR count). The lowest BCUT2D eigenvalue weighted by Gasteiger charge is -2.31. The van der Waals surface area contributed by atoms with Crippen LogP contribution in [-0.4, -0.2) is 41.1 Å². The van der Waals surface area contributed by atoms with Crippen LogP contribution in [0.15, 0.2) is 18.2 Å². The first-order valence-corrected chi connectivity index (χ1v) is 6.44. The van der Waals surface area contributed by atoms with Gasteiger partial charge in [-0.05, 0) is 37.0 Å². The van der Waals surface area contributed by atoms with E-state index in [2.05, 4.69) is 6.92 Å². The van der Waals surface area contributed by atoms with Crippen LogP contribution in [0.4, 0.5) is 4.39 Å². The predicted molar refractivity (Wildman–Crippen MR) is 70.5 cm³/mol. The van der Waals surface area contributed by atoms with E-state index in [1.165, 1.54) is 12.1 Å². The minimum atomic E-state index is -1.91. The molecule has 1 aliphatic rings. The van der Waals surface area contributed by atoms with E-state index in [0.29, 0.717) is 24.6 Å². The molecule has 102 valence electrons. The fourth-order valence-corrected chi connectivity index (χ4v) is 2.43. The van der Waals surface area contributed by atoms with Crippen molar-refractivity contribution in [2.45, 2.75) is 19.8 Å². The molecule has 0 spiro atoms. The van der Waals surface area contributed by atoms with Crippen LogP contribution in [0, 0.1) is 11.7 Å². The number of rotatable bonds is 2. The number of nitrogens with zero attached hydrogens (tertiary/aromatic N) is 1. The summed E-state index contributed by atoms with van der Waals surface area (Å²) in [6.45, 7) is 3.47. The fourth-order valence-electron chi connectivity index (χ4n) is 2.43. The molecule has 6 heteroatoms. The lowest BCUT2D eigenvalue weighted by Crippen LogP contribution is -2.40. The number of benzene rings is 1. The average molecular weight is 265 g/mol. The molecule has 0 saturated carbocycles. The molecule has 0 unspecified atom stereocenters. The molecule has 0 aromatic heterocycles. The van der Waals surface area contributed by atoms with Crippen molar-refractivity contribution in [2.24, 2.45) is 5.92 Å². The molecular formula is C13H17BFNO3. The van der Waals surface area contributed by atoms with Gasteiger partial charge < -0.3 is 14.9 Å². The van der Waals surface area contributed by atoms with Gasteiger partial charge in [-0.1, -0.05) is 6.92 Å². The first-order chi connectivity index (χ1) is 8.99. The number of carbonyl (C=O) groups is 1. The lowest BCUT2D eigenvalue weighted by molar-refractivity contribution is 0.0683.